The lowest BCUT2D eigenvalue weighted by atomic mass is 10.2. The number of hydrogen-bond donors (Lipinski definition) is 2. The van der Waals surface area contributed by atoms with E-state index >= 15 is 0 Å². The van der Waals surface area contributed by atoms with E-state index in [1.54, 1.807) is 6.92 Å². The summed E-state index contributed by atoms with van der Waals surface area (Å²) < 4.78 is 30.3. The number of likely N-dealkylation sites (N-methyl/N-ethyl adjacent to an activating group) is 1. The molecule has 1 amide bonds. The third-order valence-electron chi connectivity index (χ3n) is 2.75. The Hall–Kier alpha value is -0.700. The number of rotatable bonds is 6. The van der Waals surface area contributed by atoms with E-state index in [0.29, 0.717) is 26.2 Å². The van der Waals surface area contributed by atoms with Gasteiger partial charge >= 0.3 is 0 Å². The lowest BCUT2D eigenvalue weighted by Gasteiger charge is -2.34. The Morgan fingerprint density at radius 1 is 1.56 bits per heavy atom. The zero-order valence-corrected chi connectivity index (χ0v) is 11.6. The summed E-state index contributed by atoms with van der Waals surface area (Å²) in [5.41, 5.74) is 0. The number of hydrogen-bond acceptors (Lipinski definition) is 5. The van der Waals surface area contributed by atoms with E-state index < -0.39 is 16.1 Å². The highest BCUT2D eigenvalue weighted by Gasteiger charge is 2.36. The van der Waals surface area contributed by atoms with Crippen LogP contribution < -0.4 is 10.6 Å². The molecule has 1 fully saturated rings. The summed E-state index contributed by atoms with van der Waals surface area (Å²) in [4.78, 5) is 11.8. The molecule has 1 unspecified atom stereocenters. The van der Waals surface area contributed by atoms with Crippen molar-refractivity contribution >= 4 is 15.9 Å². The average molecular weight is 279 g/mol. The molecule has 0 aromatic rings. The molecule has 0 radical (unpaired) electrons. The van der Waals surface area contributed by atoms with Gasteiger partial charge in [0.2, 0.25) is 15.9 Å². The third kappa shape index (κ3) is 3.91. The maximum absolute atomic E-state index is 12.1. The molecule has 1 rings (SSSR count). The zero-order valence-electron chi connectivity index (χ0n) is 10.8. The fourth-order valence-corrected chi connectivity index (χ4v) is 3.38. The van der Waals surface area contributed by atoms with Crippen LogP contribution in [0.3, 0.4) is 0 Å². The van der Waals surface area contributed by atoms with E-state index in [0.717, 1.165) is 0 Å². The summed E-state index contributed by atoms with van der Waals surface area (Å²) in [6.45, 7) is 3.64. The standard InChI is InChI=1S/C10H21N3O4S/c1-3-12-10(14)9-8-11-4-5-13(9)18(15,16)7-6-17-2/h9,11H,3-8H2,1-2H3,(H,12,14). The number of ether oxygens (including phenoxy) is 1. The van der Waals surface area contributed by atoms with Gasteiger partial charge in [0, 0.05) is 33.3 Å². The Bertz CT molecular complexity index is 371. The lowest BCUT2D eigenvalue weighted by molar-refractivity contribution is -0.125. The van der Waals surface area contributed by atoms with Gasteiger partial charge in [0.05, 0.1) is 12.4 Å². The molecule has 1 heterocycles. The minimum atomic E-state index is -3.45. The quantitative estimate of drug-likeness (QED) is 0.610. The first kappa shape index (κ1) is 15.4. The first-order valence-corrected chi connectivity index (χ1v) is 7.60. The smallest absolute Gasteiger partial charge is 0.239 e. The molecule has 1 aliphatic heterocycles. The highest BCUT2D eigenvalue weighted by atomic mass is 32.2. The van der Waals surface area contributed by atoms with Crippen LogP contribution in [0.5, 0.6) is 0 Å². The molecule has 0 spiro atoms. The number of nitrogens with zero attached hydrogens (tertiary/aromatic N) is 1. The molecular formula is C10H21N3O4S. The monoisotopic (exact) mass is 279 g/mol. The summed E-state index contributed by atoms with van der Waals surface area (Å²) in [5, 5.41) is 5.69. The second kappa shape index (κ2) is 7.03. The van der Waals surface area contributed by atoms with Gasteiger partial charge in [-0.1, -0.05) is 0 Å². The molecule has 0 aromatic heterocycles. The third-order valence-corrected chi connectivity index (χ3v) is 4.58. The van der Waals surface area contributed by atoms with Crippen LogP contribution in [-0.4, -0.2) is 70.3 Å². The molecule has 0 bridgehead atoms. The summed E-state index contributed by atoms with van der Waals surface area (Å²) in [5.74, 6) is -0.356. The van der Waals surface area contributed by atoms with Crippen LogP contribution in [0.15, 0.2) is 0 Å². The van der Waals surface area contributed by atoms with Crippen LogP contribution >= 0.6 is 0 Å². The van der Waals surface area contributed by atoms with Gasteiger partial charge in [-0.25, -0.2) is 8.42 Å². The Kier molecular flexibility index (Phi) is 6.00. The van der Waals surface area contributed by atoms with Crippen molar-refractivity contribution in [3.63, 3.8) is 0 Å². The number of sulfonamides is 1. The first-order valence-electron chi connectivity index (χ1n) is 5.99. The van der Waals surface area contributed by atoms with Crippen molar-refractivity contribution in [3.05, 3.63) is 0 Å². The van der Waals surface area contributed by atoms with Gasteiger partial charge in [-0.2, -0.15) is 4.31 Å². The number of piperazine rings is 1. The molecule has 0 aromatic carbocycles. The van der Waals surface area contributed by atoms with E-state index in [-0.39, 0.29) is 18.3 Å². The maximum atomic E-state index is 12.1. The topological polar surface area (TPSA) is 87.7 Å². The minimum absolute atomic E-state index is 0.0978. The predicted octanol–water partition coefficient (Wildman–Crippen LogP) is -1.63. The Labute approximate surface area is 108 Å². The number of amides is 1. The van der Waals surface area contributed by atoms with E-state index in [4.69, 9.17) is 4.74 Å². The van der Waals surface area contributed by atoms with Crippen LogP contribution in [0.2, 0.25) is 0 Å². The number of carbonyl (C=O) groups is 1. The average Bonchev–Trinajstić information content (AvgIpc) is 2.37. The first-order chi connectivity index (χ1) is 8.53. The van der Waals surface area contributed by atoms with Crippen molar-refractivity contribution in [2.45, 2.75) is 13.0 Å². The van der Waals surface area contributed by atoms with Crippen LogP contribution in [0, 0.1) is 0 Å². The minimum Gasteiger partial charge on any atom is -0.384 e. The largest absolute Gasteiger partial charge is 0.384 e. The maximum Gasteiger partial charge on any atom is 0.239 e. The Morgan fingerprint density at radius 2 is 2.28 bits per heavy atom. The van der Waals surface area contributed by atoms with E-state index in [1.807, 2.05) is 0 Å². The van der Waals surface area contributed by atoms with Crippen LogP contribution in [0.1, 0.15) is 6.92 Å². The highest BCUT2D eigenvalue weighted by Crippen LogP contribution is 2.11. The Morgan fingerprint density at radius 3 is 2.89 bits per heavy atom. The lowest BCUT2D eigenvalue weighted by Crippen LogP contribution is -2.60. The van der Waals surface area contributed by atoms with Crippen molar-refractivity contribution in [1.82, 2.24) is 14.9 Å². The van der Waals surface area contributed by atoms with Crippen molar-refractivity contribution in [1.29, 1.82) is 0 Å². The summed E-state index contributed by atoms with van der Waals surface area (Å²) >= 11 is 0. The molecule has 0 saturated carbocycles. The predicted molar refractivity (Wildman–Crippen MR) is 67.7 cm³/mol. The van der Waals surface area contributed by atoms with Gasteiger partial charge in [-0.05, 0) is 6.92 Å². The van der Waals surface area contributed by atoms with Gasteiger partial charge in [-0.3, -0.25) is 4.79 Å². The fourth-order valence-electron chi connectivity index (χ4n) is 1.84. The molecule has 106 valence electrons. The second-order valence-corrected chi connectivity index (χ2v) is 6.08. The van der Waals surface area contributed by atoms with Gasteiger partial charge < -0.3 is 15.4 Å². The van der Waals surface area contributed by atoms with Crippen molar-refractivity contribution in [2.75, 3.05) is 45.6 Å². The molecule has 2 N–H and O–H groups in total. The van der Waals surface area contributed by atoms with Crippen molar-refractivity contribution in [3.8, 4) is 0 Å². The van der Waals surface area contributed by atoms with Crippen molar-refractivity contribution in [2.24, 2.45) is 0 Å². The van der Waals surface area contributed by atoms with Crippen LogP contribution in [-0.2, 0) is 19.6 Å². The van der Waals surface area contributed by atoms with Crippen molar-refractivity contribution < 1.29 is 17.9 Å². The molecule has 1 saturated heterocycles. The normalized spacial score (nSPS) is 21.8. The Balaban J connectivity index is 2.78. The van der Waals surface area contributed by atoms with Gasteiger partial charge in [0.15, 0.2) is 0 Å². The second-order valence-electron chi connectivity index (χ2n) is 4.03. The molecule has 8 heteroatoms. The van der Waals surface area contributed by atoms with Crippen LogP contribution in [0.25, 0.3) is 0 Å². The van der Waals surface area contributed by atoms with E-state index in [1.165, 1.54) is 11.4 Å². The molecule has 18 heavy (non-hydrogen) atoms. The van der Waals surface area contributed by atoms with Crippen LogP contribution in [0.4, 0.5) is 0 Å². The summed E-state index contributed by atoms with van der Waals surface area (Å²) in [6, 6.07) is -0.666. The van der Waals surface area contributed by atoms with Gasteiger partial charge in [0.1, 0.15) is 6.04 Å². The van der Waals surface area contributed by atoms with Gasteiger partial charge in [-0.15, -0.1) is 0 Å². The molecule has 1 atom stereocenters. The molecule has 7 nitrogen and oxygen atoms in total. The van der Waals surface area contributed by atoms with E-state index in [9.17, 15) is 13.2 Å². The highest BCUT2D eigenvalue weighted by molar-refractivity contribution is 7.89. The number of nitrogens with one attached hydrogen (secondary N) is 2. The SMILES string of the molecule is CCNC(=O)C1CNCCN1S(=O)(=O)CCOC. The fraction of sp³-hybridized carbons (Fsp3) is 0.900. The molecular weight excluding hydrogens is 258 g/mol. The molecule has 0 aliphatic carbocycles. The summed E-state index contributed by atoms with van der Waals surface area (Å²) in [7, 11) is -2.00. The summed E-state index contributed by atoms with van der Waals surface area (Å²) in [6.07, 6.45) is 0. The number of methoxy groups -OCH3 is 1. The van der Waals surface area contributed by atoms with Gasteiger partial charge in [0.25, 0.3) is 0 Å². The molecule has 1 aliphatic rings. The zero-order chi connectivity index (χ0) is 13.6. The van der Waals surface area contributed by atoms with E-state index in [2.05, 4.69) is 10.6 Å². The number of carbonyl (C=O) groups excluding carboxylic acids is 1.